The van der Waals surface area contributed by atoms with Gasteiger partial charge in [-0.1, -0.05) is 11.6 Å². The maximum Gasteiger partial charge on any atom is 0.306 e. The summed E-state index contributed by atoms with van der Waals surface area (Å²) in [4.78, 5) is 11.1. The van der Waals surface area contributed by atoms with Gasteiger partial charge in [0.1, 0.15) is 19.3 Å². The van der Waals surface area contributed by atoms with Gasteiger partial charge in [0, 0.05) is 6.42 Å². The summed E-state index contributed by atoms with van der Waals surface area (Å²) in [6.45, 7) is 1.02. The van der Waals surface area contributed by atoms with Crippen molar-refractivity contribution in [3.8, 4) is 11.5 Å². The first-order chi connectivity index (χ1) is 8.24. The van der Waals surface area contributed by atoms with Crippen LogP contribution in [-0.2, 0) is 9.53 Å². The molecule has 2 aliphatic heterocycles. The number of halogens is 1. The first-order valence-electron chi connectivity index (χ1n) is 5.52. The van der Waals surface area contributed by atoms with Crippen molar-refractivity contribution in [3.63, 3.8) is 0 Å². The van der Waals surface area contributed by atoms with Crippen LogP contribution in [0.4, 0.5) is 0 Å². The van der Waals surface area contributed by atoms with E-state index in [1.54, 1.807) is 6.07 Å². The molecule has 3 rings (SSSR count). The molecule has 1 aromatic rings. The number of fused-ring (bicyclic) bond motifs is 1. The molecule has 1 aromatic carbocycles. The van der Waals surface area contributed by atoms with E-state index in [-0.39, 0.29) is 12.1 Å². The summed E-state index contributed by atoms with van der Waals surface area (Å²) < 4.78 is 16.1. The summed E-state index contributed by atoms with van der Waals surface area (Å²) in [5.74, 6) is 1.04. The van der Waals surface area contributed by atoms with Gasteiger partial charge in [0.2, 0.25) is 0 Å². The second kappa shape index (κ2) is 4.11. The summed E-state index contributed by atoms with van der Waals surface area (Å²) in [6.07, 6.45) is 0.932. The van der Waals surface area contributed by atoms with Gasteiger partial charge in [-0.05, 0) is 24.1 Å². The zero-order valence-electron chi connectivity index (χ0n) is 9.07. The molecule has 0 bridgehead atoms. The van der Waals surface area contributed by atoms with Gasteiger partial charge in [-0.25, -0.2) is 0 Å². The fourth-order valence-electron chi connectivity index (χ4n) is 2.08. The van der Waals surface area contributed by atoms with Crippen LogP contribution in [0.1, 0.15) is 24.5 Å². The van der Waals surface area contributed by atoms with Crippen molar-refractivity contribution >= 4 is 17.6 Å². The Labute approximate surface area is 103 Å². The van der Waals surface area contributed by atoms with E-state index in [0.717, 1.165) is 5.56 Å². The Hall–Kier alpha value is -1.42. The number of ether oxygens (including phenoxy) is 3. The van der Waals surface area contributed by atoms with Gasteiger partial charge in [-0.3, -0.25) is 4.79 Å². The van der Waals surface area contributed by atoms with E-state index in [2.05, 4.69) is 0 Å². The zero-order chi connectivity index (χ0) is 11.8. The van der Waals surface area contributed by atoms with Crippen molar-refractivity contribution < 1.29 is 19.0 Å². The molecule has 1 saturated heterocycles. The van der Waals surface area contributed by atoms with E-state index in [0.29, 0.717) is 42.6 Å². The molecular formula is C12H11ClO4. The van der Waals surface area contributed by atoms with E-state index < -0.39 is 0 Å². The molecule has 1 unspecified atom stereocenters. The molecular weight excluding hydrogens is 244 g/mol. The van der Waals surface area contributed by atoms with Gasteiger partial charge < -0.3 is 14.2 Å². The summed E-state index contributed by atoms with van der Waals surface area (Å²) >= 11 is 6.12. The second-order valence-corrected chi connectivity index (χ2v) is 4.45. The van der Waals surface area contributed by atoms with E-state index in [1.807, 2.05) is 6.07 Å². The van der Waals surface area contributed by atoms with Crippen LogP contribution in [-0.4, -0.2) is 19.2 Å². The smallest absolute Gasteiger partial charge is 0.306 e. The Morgan fingerprint density at radius 3 is 2.82 bits per heavy atom. The van der Waals surface area contributed by atoms with Crippen LogP contribution in [0.15, 0.2) is 12.1 Å². The van der Waals surface area contributed by atoms with Crippen LogP contribution in [0.3, 0.4) is 0 Å². The standard InChI is InChI=1S/C12H11ClO4/c13-8-5-7(9-1-2-11(14)17-9)6-10-12(8)16-4-3-15-10/h5-6,9H,1-4H2. The molecule has 17 heavy (non-hydrogen) atoms. The molecule has 1 fully saturated rings. The van der Waals surface area contributed by atoms with Gasteiger partial charge in [0.15, 0.2) is 11.5 Å². The van der Waals surface area contributed by atoms with Gasteiger partial charge in [-0.2, -0.15) is 0 Å². The first kappa shape index (κ1) is 10.7. The van der Waals surface area contributed by atoms with Crippen LogP contribution in [0.5, 0.6) is 11.5 Å². The van der Waals surface area contributed by atoms with E-state index in [9.17, 15) is 4.79 Å². The molecule has 0 radical (unpaired) electrons. The lowest BCUT2D eigenvalue weighted by Crippen LogP contribution is -2.16. The Kier molecular flexibility index (Phi) is 2.59. The average Bonchev–Trinajstić information content (AvgIpc) is 2.76. The lowest BCUT2D eigenvalue weighted by atomic mass is 10.1. The number of carbonyl (C=O) groups excluding carboxylic acids is 1. The average molecular weight is 255 g/mol. The highest BCUT2D eigenvalue weighted by atomic mass is 35.5. The number of esters is 1. The zero-order valence-corrected chi connectivity index (χ0v) is 9.83. The fraction of sp³-hybridized carbons (Fsp3) is 0.417. The molecule has 5 heteroatoms. The van der Waals surface area contributed by atoms with E-state index in [4.69, 9.17) is 25.8 Å². The summed E-state index contributed by atoms with van der Waals surface area (Å²) in [5, 5.41) is 0.500. The Morgan fingerprint density at radius 2 is 2.06 bits per heavy atom. The summed E-state index contributed by atoms with van der Waals surface area (Å²) in [7, 11) is 0. The number of carbonyl (C=O) groups is 1. The second-order valence-electron chi connectivity index (χ2n) is 4.04. The lowest BCUT2D eigenvalue weighted by molar-refractivity contribution is -0.141. The molecule has 90 valence electrons. The molecule has 2 heterocycles. The van der Waals surface area contributed by atoms with Crippen LogP contribution >= 0.6 is 11.6 Å². The normalized spacial score (nSPS) is 22.4. The predicted molar refractivity (Wildman–Crippen MR) is 60.5 cm³/mol. The third kappa shape index (κ3) is 1.93. The molecule has 0 aliphatic carbocycles. The Balaban J connectivity index is 1.96. The third-order valence-corrected chi connectivity index (χ3v) is 3.16. The maximum absolute atomic E-state index is 11.1. The third-order valence-electron chi connectivity index (χ3n) is 2.88. The van der Waals surface area contributed by atoms with E-state index >= 15 is 0 Å². The number of hydrogen-bond acceptors (Lipinski definition) is 4. The van der Waals surface area contributed by atoms with Crippen molar-refractivity contribution in [3.05, 3.63) is 22.7 Å². The van der Waals surface area contributed by atoms with Gasteiger partial charge >= 0.3 is 5.97 Å². The number of benzene rings is 1. The van der Waals surface area contributed by atoms with Crippen molar-refractivity contribution in [2.24, 2.45) is 0 Å². The van der Waals surface area contributed by atoms with Gasteiger partial charge in [0.25, 0.3) is 0 Å². The molecule has 0 aromatic heterocycles. The summed E-state index contributed by atoms with van der Waals surface area (Å²) in [6, 6.07) is 3.61. The number of cyclic esters (lactones) is 1. The van der Waals surface area contributed by atoms with Crippen LogP contribution in [0, 0.1) is 0 Å². The minimum Gasteiger partial charge on any atom is -0.486 e. The van der Waals surface area contributed by atoms with Crippen molar-refractivity contribution in [2.45, 2.75) is 18.9 Å². The first-order valence-corrected chi connectivity index (χ1v) is 5.90. The quantitative estimate of drug-likeness (QED) is 0.723. The molecule has 0 spiro atoms. The predicted octanol–water partition coefficient (Wildman–Crippen LogP) is 2.49. The molecule has 0 N–H and O–H groups in total. The largest absolute Gasteiger partial charge is 0.486 e. The highest BCUT2D eigenvalue weighted by Gasteiger charge is 2.27. The molecule has 0 amide bonds. The van der Waals surface area contributed by atoms with Gasteiger partial charge in [-0.15, -0.1) is 0 Å². The number of rotatable bonds is 1. The minimum absolute atomic E-state index is 0.166. The van der Waals surface area contributed by atoms with Crippen LogP contribution in [0.25, 0.3) is 0 Å². The molecule has 2 aliphatic rings. The topological polar surface area (TPSA) is 44.8 Å². The minimum atomic E-state index is -0.212. The van der Waals surface area contributed by atoms with E-state index in [1.165, 1.54) is 0 Å². The van der Waals surface area contributed by atoms with Crippen molar-refractivity contribution in [2.75, 3.05) is 13.2 Å². The van der Waals surface area contributed by atoms with Gasteiger partial charge in [0.05, 0.1) is 5.02 Å². The summed E-state index contributed by atoms with van der Waals surface area (Å²) in [5.41, 5.74) is 0.866. The van der Waals surface area contributed by atoms with Crippen molar-refractivity contribution in [1.29, 1.82) is 0 Å². The Bertz CT molecular complexity index is 472. The number of hydrogen-bond donors (Lipinski definition) is 0. The highest BCUT2D eigenvalue weighted by Crippen LogP contribution is 2.42. The molecule has 4 nitrogen and oxygen atoms in total. The van der Waals surface area contributed by atoms with Crippen LogP contribution < -0.4 is 9.47 Å². The van der Waals surface area contributed by atoms with Crippen molar-refractivity contribution in [1.82, 2.24) is 0 Å². The lowest BCUT2D eigenvalue weighted by Gasteiger charge is -2.21. The maximum atomic E-state index is 11.1. The molecule has 1 atom stereocenters. The fourth-order valence-corrected chi connectivity index (χ4v) is 2.35. The van der Waals surface area contributed by atoms with Crippen LogP contribution in [0.2, 0.25) is 5.02 Å². The highest BCUT2D eigenvalue weighted by molar-refractivity contribution is 6.32. The molecule has 0 saturated carbocycles. The Morgan fingerprint density at radius 1 is 1.24 bits per heavy atom. The monoisotopic (exact) mass is 254 g/mol. The SMILES string of the molecule is O=C1CCC(c2cc(Cl)c3c(c2)OCCO3)O1.